The molecule has 134 valence electrons. The molecular weight excluding hydrogens is 332 g/mol. The van der Waals surface area contributed by atoms with Crippen LogP contribution < -0.4 is 0 Å². The first-order chi connectivity index (χ1) is 11.8. The number of rotatable bonds is 5. The van der Waals surface area contributed by atoms with Crippen LogP contribution in [-0.4, -0.2) is 51.1 Å². The SMILES string of the molecule is CC(C)(C)[Si](C)(C)OCC#CC#CC#C[C@@H]1O[C@H]1[C@@H]1O[C@H]1/C=C/CO. The Balaban J connectivity index is 1.67. The fraction of sp³-hybridized carbons (Fsp3) is 0.600. The number of epoxide rings is 2. The molecule has 0 radical (unpaired) electrons. The Morgan fingerprint density at radius 1 is 1.08 bits per heavy atom. The van der Waals surface area contributed by atoms with Gasteiger partial charge in [0.25, 0.3) is 0 Å². The predicted octanol–water partition coefficient (Wildman–Crippen LogP) is 2.10. The summed E-state index contributed by atoms with van der Waals surface area (Å²) in [5, 5.41) is 8.89. The van der Waals surface area contributed by atoms with Crippen LogP contribution in [0, 0.1) is 35.5 Å². The number of hydrogen-bond acceptors (Lipinski definition) is 4. The monoisotopic (exact) mass is 358 g/mol. The topological polar surface area (TPSA) is 54.5 Å². The van der Waals surface area contributed by atoms with Crippen molar-refractivity contribution >= 4 is 8.32 Å². The van der Waals surface area contributed by atoms with Crippen molar-refractivity contribution in [2.24, 2.45) is 0 Å². The number of aliphatic hydroxyl groups excluding tert-OH is 1. The van der Waals surface area contributed by atoms with Gasteiger partial charge in [-0.05, 0) is 41.8 Å². The third kappa shape index (κ3) is 6.05. The van der Waals surface area contributed by atoms with Gasteiger partial charge in [-0.1, -0.05) is 44.8 Å². The third-order valence-electron chi connectivity index (χ3n) is 4.64. The summed E-state index contributed by atoms with van der Waals surface area (Å²) in [4.78, 5) is 0. The zero-order valence-electron chi connectivity index (χ0n) is 15.6. The second-order valence-electron chi connectivity index (χ2n) is 7.57. The molecule has 5 heteroatoms. The van der Waals surface area contributed by atoms with E-state index in [1.54, 1.807) is 6.08 Å². The predicted molar refractivity (Wildman–Crippen MR) is 100 cm³/mol. The molecule has 2 saturated heterocycles. The van der Waals surface area contributed by atoms with Crippen LogP contribution in [0.2, 0.25) is 18.1 Å². The Labute approximate surface area is 152 Å². The maximum Gasteiger partial charge on any atom is 0.193 e. The quantitative estimate of drug-likeness (QED) is 0.354. The van der Waals surface area contributed by atoms with Crippen LogP contribution in [0.1, 0.15) is 20.8 Å². The molecule has 4 nitrogen and oxygen atoms in total. The Morgan fingerprint density at radius 2 is 1.80 bits per heavy atom. The molecule has 0 unspecified atom stereocenters. The molecule has 0 aromatic heterocycles. The van der Waals surface area contributed by atoms with E-state index in [0.29, 0.717) is 6.61 Å². The summed E-state index contributed by atoms with van der Waals surface area (Å²) in [5.41, 5.74) is 0. The van der Waals surface area contributed by atoms with Crippen molar-refractivity contribution in [3.8, 4) is 35.5 Å². The van der Waals surface area contributed by atoms with Crippen molar-refractivity contribution in [3.05, 3.63) is 12.2 Å². The maximum absolute atomic E-state index is 8.70. The highest BCUT2D eigenvalue weighted by atomic mass is 28.4. The lowest BCUT2D eigenvalue weighted by atomic mass is 10.2. The molecule has 0 aromatic rings. The van der Waals surface area contributed by atoms with E-state index in [1.165, 1.54) is 0 Å². The van der Waals surface area contributed by atoms with E-state index in [0.717, 1.165) is 0 Å². The normalized spacial score (nSPS) is 27.4. The first kappa shape index (κ1) is 19.8. The molecule has 0 spiro atoms. The van der Waals surface area contributed by atoms with Gasteiger partial charge in [-0.15, -0.1) is 0 Å². The second kappa shape index (κ2) is 8.24. The molecule has 2 heterocycles. The maximum atomic E-state index is 8.70. The van der Waals surface area contributed by atoms with Crippen molar-refractivity contribution in [3.63, 3.8) is 0 Å². The van der Waals surface area contributed by atoms with Gasteiger partial charge < -0.3 is 19.0 Å². The number of hydrogen-bond donors (Lipinski definition) is 1. The summed E-state index contributed by atoms with van der Waals surface area (Å²) in [5.74, 6) is 16.8. The van der Waals surface area contributed by atoms with Crippen LogP contribution in [0.4, 0.5) is 0 Å². The van der Waals surface area contributed by atoms with Gasteiger partial charge in [0.15, 0.2) is 8.32 Å². The summed E-state index contributed by atoms with van der Waals surface area (Å²) in [6.07, 6.45) is 3.53. The number of ether oxygens (including phenoxy) is 2. The Hall–Kier alpha value is -1.52. The molecule has 2 fully saturated rings. The minimum absolute atomic E-state index is 0.0201. The molecule has 0 amide bonds. The van der Waals surface area contributed by atoms with E-state index >= 15 is 0 Å². The van der Waals surface area contributed by atoms with Crippen LogP contribution in [0.25, 0.3) is 0 Å². The van der Waals surface area contributed by atoms with Crippen LogP contribution in [0.5, 0.6) is 0 Å². The van der Waals surface area contributed by atoms with Crippen molar-refractivity contribution in [2.45, 2.75) is 63.3 Å². The molecule has 25 heavy (non-hydrogen) atoms. The molecule has 0 aliphatic carbocycles. The highest BCUT2D eigenvalue weighted by Gasteiger charge is 2.56. The van der Waals surface area contributed by atoms with Gasteiger partial charge >= 0.3 is 0 Å². The number of aliphatic hydroxyl groups is 1. The van der Waals surface area contributed by atoms with E-state index in [1.807, 2.05) is 6.08 Å². The zero-order valence-corrected chi connectivity index (χ0v) is 16.6. The van der Waals surface area contributed by atoms with Gasteiger partial charge in [0.05, 0.1) is 13.2 Å². The Morgan fingerprint density at radius 3 is 2.48 bits per heavy atom. The van der Waals surface area contributed by atoms with E-state index in [2.05, 4.69) is 69.4 Å². The van der Waals surface area contributed by atoms with Gasteiger partial charge in [-0.3, -0.25) is 0 Å². The van der Waals surface area contributed by atoms with Gasteiger partial charge in [-0.2, -0.15) is 0 Å². The van der Waals surface area contributed by atoms with Crippen LogP contribution in [-0.2, 0) is 13.9 Å². The Bertz CT molecular complexity index is 685. The lowest BCUT2D eigenvalue weighted by Crippen LogP contribution is -2.40. The summed E-state index contributed by atoms with van der Waals surface area (Å²) in [6.45, 7) is 11.4. The lowest BCUT2D eigenvalue weighted by molar-refractivity contribution is 0.316. The van der Waals surface area contributed by atoms with Gasteiger partial charge in [0, 0.05) is 0 Å². The van der Waals surface area contributed by atoms with Crippen LogP contribution in [0.3, 0.4) is 0 Å². The minimum Gasteiger partial charge on any atom is -0.406 e. The zero-order chi connectivity index (χ0) is 18.5. The van der Waals surface area contributed by atoms with E-state index in [9.17, 15) is 0 Å². The first-order valence-electron chi connectivity index (χ1n) is 8.47. The lowest BCUT2D eigenvalue weighted by Gasteiger charge is -2.35. The minimum atomic E-state index is -1.74. The molecule has 0 saturated carbocycles. The van der Waals surface area contributed by atoms with Crippen LogP contribution >= 0.6 is 0 Å². The van der Waals surface area contributed by atoms with Crippen molar-refractivity contribution in [1.29, 1.82) is 0 Å². The average molecular weight is 359 g/mol. The van der Waals surface area contributed by atoms with Crippen LogP contribution in [0.15, 0.2) is 12.2 Å². The molecule has 2 rings (SSSR count). The first-order valence-corrected chi connectivity index (χ1v) is 11.4. The highest BCUT2D eigenvalue weighted by Crippen LogP contribution is 2.39. The van der Waals surface area contributed by atoms with Crippen molar-refractivity contribution < 1.29 is 19.0 Å². The van der Waals surface area contributed by atoms with Crippen molar-refractivity contribution in [1.82, 2.24) is 0 Å². The largest absolute Gasteiger partial charge is 0.406 e. The molecule has 2 aliphatic rings. The fourth-order valence-corrected chi connectivity index (χ4v) is 2.79. The smallest absolute Gasteiger partial charge is 0.193 e. The molecular formula is C20H26O4Si. The second-order valence-corrected chi connectivity index (χ2v) is 12.4. The average Bonchev–Trinajstić information content (AvgIpc) is 3.41. The van der Waals surface area contributed by atoms with E-state index in [-0.39, 0.29) is 36.1 Å². The van der Waals surface area contributed by atoms with E-state index in [4.69, 9.17) is 19.0 Å². The summed E-state index contributed by atoms with van der Waals surface area (Å²) in [7, 11) is -1.74. The molecule has 0 bridgehead atoms. The van der Waals surface area contributed by atoms with Gasteiger partial charge in [0.1, 0.15) is 24.4 Å². The molecule has 0 aromatic carbocycles. The summed E-state index contributed by atoms with van der Waals surface area (Å²) < 4.78 is 16.8. The van der Waals surface area contributed by atoms with Gasteiger partial charge in [-0.25, -0.2) is 0 Å². The highest BCUT2D eigenvalue weighted by molar-refractivity contribution is 6.74. The Kier molecular flexibility index (Phi) is 6.52. The fourth-order valence-electron chi connectivity index (χ4n) is 1.92. The third-order valence-corrected chi connectivity index (χ3v) is 9.12. The molecule has 4 atom stereocenters. The standard InChI is InChI=1S/C20H26O4Si/c1-20(2,3)25(4,5)22-15-10-8-6-7-9-12-16-18(23-16)19-17(24-19)13-11-14-21/h11,13,16-19,21H,14-15H2,1-5H3/b13-11+/t16-,17-,18+,19+/m0/s1. The van der Waals surface area contributed by atoms with E-state index < -0.39 is 8.32 Å². The van der Waals surface area contributed by atoms with Crippen molar-refractivity contribution in [2.75, 3.05) is 13.2 Å². The molecule has 1 N–H and O–H groups in total. The summed E-state index contributed by atoms with van der Waals surface area (Å²) >= 11 is 0. The molecule has 2 aliphatic heterocycles. The van der Waals surface area contributed by atoms with Gasteiger partial charge in [0.2, 0.25) is 0 Å². The summed E-state index contributed by atoms with van der Waals surface area (Å²) in [6, 6.07) is 0.